The molecule has 2 atom stereocenters. The third-order valence-corrected chi connectivity index (χ3v) is 15.4. The topological polar surface area (TPSA) is 111 Å². The number of rotatable bonds is 62. The van der Waals surface area contributed by atoms with Crippen LogP contribution in [0, 0.1) is 0 Å². The summed E-state index contributed by atoms with van der Waals surface area (Å²) in [5.74, 6) is -0.852. The van der Waals surface area contributed by atoms with Crippen molar-refractivity contribution in [1.82, 2.24) is 0 Å². The first kappa shape index (κ1) is 80.4. The Bertz CT molecular complexity index is 1830. The van der Waals surface area contributed by atoms with Crippen LogP contribution in [0.1, 0.15) is 284 Å². The molecule has 0 aliphatic heterocycles. The molecule has 0 bridgehead atoms. The summed E-state index contributed by atoms with van der Waals surface area (Å²) in [5.41, 5.74) is 0. The van der Waals surface area contributed by atoms with Gasteiger partial charge in [-0.15, -0.1) is 0 Å². The van der Waals surface area contributed by atoms with E-state index in [1.54, 1.807) is 0 Å². The first-order valence-electron chi connectivity index (χ1n) is 34.2. The molecule has 84 heavy (non-hydrogen) atoms. The smallest absolute Gasteiger partial charge is 0.306 e. The van der Waals surface area contributed by atoms with Gasteiger partial charge in [0.25, 0.3) is 7.82 Å². The molecule has 0 aromatic carbocycles. The maximum Gasteiger partial charge on any atom is 0.306 e. The van der Waals surface area contributed by atoms with Crippen LogP contribution >= 0.6 is 7.82 Å². The lowest BCUT2D eigenvalue weighted by molar-refractivity contribution is -0.870. The number of quaternary nitrogens is 1. The second-order valence-corrected chi connectivity index (χ2v) is 25.2. The molecule has 0 aliphatic rings. The van der Waals surface area contributed by atoms with Crippen molar-refractivity contribution in [3.63, 3.8) is 0 Å². The molecule has 0 spiro atoms. The number of phosphoric ester groups is 1. The molecule has 0 radical (unpaired) electrons. The Morgan fingerprint density at radius 1 is 0.369 bits per heavy atom. The highest BCUT2D eigenvalue weighted by atomic mass is 31.2. The van der Waals surface area contributed by atoms with Gasteiger partial charge < -0.3 is 27.9 Å². The second kappa shape index (κ2) is 63.9. The normalized spacial score (nSPS) is 13.9. The van der Waals surface area contributed by atoms with Gasteiger partial charge in [-0.05, 0) is 103 Å². The van der Waals surface area contributed by atoms with E-state index in [2.05, 4.69) is 135 Å². The molecule has 10 heteroatoms. The number of nitrogens with zero attached hydrogens (tertiary/aromatic N) is 1. The molecule has 9 nitrogen and oxygen atoms in total. The minimum Gasteiger partial charge on any atom is -0.756 e. The molecule has 0 saturated carbocycles. The van der Waals surface area contributed by atoms with E-state index in [0.717, 1.165) is 116 Å². The molecule has 0 saturated heterocycles. The van der Waals surface area contributed by atoms with E-state index in [9.17, 15) is 19.0 Å². The van der Waals surface area contributed by atoms with Crippen molar-refractivity contribution in [3.8, 4) is 0 Å². The Morgan fingerprint density at radius 2 is 0.643 bits per heavy atom. The van der Waals surface area contributed by atoms with Crippen LogP contribution in [0.15, 0.2) is 122 Å². The van der Waals surface area contributed by atoms with Crippen molar-refractivity contribution < 1.29 is 42.1 Å². The molecule has 0 rings (SSSR count). The van der Waals surface area contributed by atoms with E-state index >= 15 is 0 Å². The summed E-state index contributed by atoms with van der Waals surface area (Å²) in [6.45, 7) is 4.00. The molecule has 482 valence electrons. The second-order valence-electron chi connectivity index (χ2n) is 23.8. The first-order valence-corrected chi connectivity index (χ1v) is 35.7. The Kier molecular flexibility index (Phi) is 61.2. The molecule has 0 N–H and O–H groups in total. The number of allylic oxidation sites excluding steroid dienone is 20. The van der Waals surface area contributed by atoms with Gasteiger partial charge >= 0.3 is 11.9 Å². The van der Waals surface area contributed by atoms with E-state index in [1.807, 2.05) is 21.1 Å². The Labute approximate surface area is 518 Å². The van der Waals surface area contributed by atoms with Crippen LogP contribution in [0.2, 0.25) is 0 Å². The quantitative estimate of drug-likeness (QED) is 0.0195. The van der Waals surface area contributed by atoms with Crippen molar-refractivity contribution in [1.29, 1.82) is 0 Å². The van der Waals surface area contributed by atoms with Gasteiger partial charge in [0.05, 0.1) is 27.7 Å². The van der Waals surface area contributed by atoms with Gasteiger partial charge in [0.2, 0.25) is 0 Å². The molecular weight excluding hydrogens is 1060 g/mol. The minimum absolute atomic E-state index is 0.0380. The van der Waals surface area contributed by atoms with E-state index in [1.165, 1.54) is 128 Å². The van der Waals surface area contributed by atoms with Crippen LogP contribution in [0.4, 0.5) is 0 Å². The van der Waals surface area contributed by atoms with E-state index in [0.29, 0.717) is 23.9 Å². The summed E-state index contributed by atoms with van der Waals surface area (Å²) in [4.78, 5) is 38.0. The third kappa shape index (κ3) is 67.5. The number of unbranched alkanes of at least 4 members (excludes halogenated alkanes) is 28. The molecule has 0 amide bonds. The van der Waals surface area contributed by atoms with Crippen molar-refractivity contribution in [2.45, 2.75) is 290 Å². The molecule has 0 aromatic heterocycles. The van der Waals surface area contributed by atoms with Crippen LogP contribution in [-0.4, -0.2) is 70.0 Å². The predicted octanol–water partition coefficient (Wildman–Crippen LogP) is 21.6. The molecule has 0 fully saturated rings. The van der Waals surface area contributed by atoms with Crippen molar-refractivity contribution in [2.24, 2.45) is 0 Å². The third-order valence-electron chi connectivity index (χ3n) is 14.5. The zero-order chi connectivity index (χ0) is 61.2. The van der Waals surface area contributed by atoms with Gasteiger partial charge in [0.1, 0.15) is 19.8 Å². The molecule has 0 aliphatic carbocycles. The van der Waals surface area contributed by atoms with Crippen LogP contribution in [0.25, 0.3) is 0 Å². The van der Waals surface area contributed by atoms with Gasteiger partial charge in [0, 0.05) is 12.8 Å². The lowest BCUT2D eigenvalue weighted by Crippen LogP contribution is -2.37. The van der Waals surface area contributed by atoms with Crippen LogP contribution < -0.4 is 4.89 Å². The summed E-state index contributed by atoms with van der Waals surface area (Å²) in [5, 5.41) is 0. The average molecular weight is 1190 g/mol. The van der Waals surface area contributed by atoms with E-state index < -0.39 is 32.5 Å². The van der Waals surface area contributed by atoms with Gasteiger partial charge in [-0.1, -0.05) is 289 Å². The summed E-state index contributed by atoms with van der Waals surface area (Å²) < 4.78 is 34.2. The first-order chi connectivity index (χ1) is 41.0. The van der Waals surface area contributed by atoms with E-state index in [4.69, 9.17) is 18.5 Å². The maximum atomic E-state index is 12.9. The number of phosphoric acid groups is 1. The number of carbonyl (C=O) groups is 2. The number of likely N-dealkylation sites (N-methyl/N-ethyl adjacent to an activating group) is 1. The fourth-order valence-electron chi connectivity index (χ4n) is 9.30. The zero-order valence-corrected chi connectivity index (χ0v) is 55.7. The zero-order valence-electron chi connectivity index (χ0n) is 54.8. The molecule has 0 heterocycles. The van der Waals surface area contributed by atoms with Gasteiger partial charge in [-0.3, -0.25) is 14.2 Å². The lowest BCUT2D eigenvalue weighted by Gasteiger charge is -2.28. The monoisotopic (exact) mass is 1190 g/mol. The van der Waals surface area contributed by atoms with Crippen LogP contribution in [-0.2, 0) is 32.7 Å². The van der Waals surface area contributed by atoms with Crippen molar-refractivity contribution in [3.05, 3.63) is 122 Å². The fourth-order valence-corrected chi connectivity index (χ4v) is 10.0. The number of esters is 2. The molecule has 2 unspecified atom stereocenters. The highest BCUT2D eigenvalue weighted by molar-refractivity contribution is 7.45. The number of hydrogen-bond donors (Lipinski definition) is 0. The fraction of sp³-hybridized carbons (Fsp3) is 0.703. The van der Waals surface area contributed by atoms with Crippen molar-refractivity contribution in [2.75, 3.05) is 47.5 Å². The Balaban J connectivity index is 4.00. The van der Waals surface area contributed by atoms with Crippen LogP contribution in [0.5, 0.6) is 0 Å². The number of carbonyl (C=O) groups excluding carboxylic acids is 2. The van der Waals surface area contributed by atoms with E-state index in [-0.39, 0.29) is 26.1 Å². The maximum absolute atomic E-state index is 12.9. The van der Waals surface area contributed by atoms with Crippen molar-refractivity contribution >= 4 is 19.8 Å². The lowest BCUT2D eigenvalue weighted by atomic mass is 10.0. The highest BCUT2D eigenvalue weighted by Crippen LogP contribution is 2.38. The largest absolute Gasteiger partial charge is 0.756 e. The Hall–Kier alpha value is -3.59. The Morgan fingerprint density at radius 3 is 0.952 bits per heavy atom. The van der Waals surface area contributed by atoms with Gasteiger partial charge in [0.15, 0.2) is 6.10 Å². The molecule has 0 aromatic rings. The highest BCUT2D eigenvalue weighted by Gasteiger charge is 2.22. The van der Waals surface area contributed by atoms with Gasteiger partial charge in [-0.2, -0.15) is 0 Å². The standard InChI is InChI=1S/C74H128NO8P/c1-6-8-10-12-14-16-18-20-22-24-26-28-29-30-31-32-33-34-35-36-37-38-39-40-41-42-43-44-45-47-49-51-53-55-57-59-61-63-65-67-74(77)83-72(71-82-84(78,79)81-69-68-75(3,4)5)70-80-73(76)66-64-62-60-58-56-54-52-50-48-46-27-25-23-21-19-17-15-13-11-9-7-2/h8-11,14-17,20-23,26-28,30-31,46,50,52,72H,6-7,12-13,18-19,24-25,29,32-45,47-49,51,53-71H2,1-5H3/b10-8-,11-9-,16-14-,17-15-,22-20-,23-21-,28-26-,31-30-,46-27-,52-50-. The summed E-state index contributed by atoms with van der Waals surface area (Å²) >= 11 is 0. The summed E-state index contributed by atoms with van der Waals surface area (Å²) in [7, 11) is 1.15. The number of hydrogen-bond acceptors (Lipinski definition) is 8. The number of ether oxygens (including phenoxy) is 2. The predicted molar refractivity (Wildman–Crippen MR) is 360 cm³/mol. The van der Waals surface area contributed by atoms with Gasteiger partial charge in [-0.25, -0.2) is 0 Å². The molecular formula is C74H128NO8P. The van der Waals surface area contributed by atoms with Crippen LogP contribution in [0.3, 0.4) is 0 Å². The average Bonchev–Trinajstić information content (AvgIpc) is 3.61. The summed E-state index contributed by atoms with van der Waals surface area (Å²) in [6.07, 6.45) is 91.4. The minimum atomic E-state index is -4.65. The SMILES string of the molecule is CC/C=C\C/C=C\C/C=C\C/C=C\C/C=C\CCCCCCCCCCCCCCCCCCCCCCCCCC(=O)OC(COC(=O)CCCCCCC/C=C\C/C=C\C/C=C\C/C=C\C/C=C\CC)COP(=O)([O-])OCC[N+](C)(C)C. The summed E-state index contributed by atoms with van der Waals surface area (Å²) in [6, 6.07) is 0.